The fraction of sp³-hybridized carbons (Fsp3) is 0.0833. The molecule has 1 heterocycles. The number of aryl methyl sites for hydroxylation is 1. The lowest BCUT2D eigenvalue weighted by Gasteiger charge is -2.10. The van der Waals surface area contributed by atoms with Gasteiger partial charge in [0.15, 0.2) is 0 Å². The van der Waals surface area contributed by atoms with Crippen LogP contribution >= 0.6 is 22.6 Å². The second-order valence-electron chi connectivity index (χ2n) is 3.68. The van der Waals surface area contributed by atoms with Crippen LogP contribution in [0.2, 0.25) is 0 Å². The second-order valence-corrected chi connectivity index (χ2v) is 4.84. The third-order valence-corrected chi connectivity index (χ3v) is 3.39. The van der Waals surface area contributed by atoms with Crippen LogP contribution in [0.15, 0.2) is 24.3 Å². The maximum absolute atomic E-state index is 11.3. The number of rotatable bonds is 2. The fourth-order valence-electron chi connectivity index (χ4n) is 1.70. The molecule has 0 aliphatic heterocycles. The largest absolute Gasteiger partial charge is 0.478 e. The number of hydrogen-bond donors (Lipinski definition) is 2. The van der Waals surface area contributed by atoms with E-state index < -0.39 is 5.97 Å². The molecular formula is C12H10IN3O2. The molecule has 0 unspecified atom stereocenters. The van der Waals surface area contributed by atoms with Gasteiger partial charge in [-0.05, 0) is 35.6 Å². The SMILES string of the molecule is Cc1nc(N)nc(-c2ccccc2I)c1C(=O)O. The molecule has 1 aromatic heterocycles. The van der Waals surface area contributed by atoms with Crippen molar-refractivity contribution in [2.24, 2.45) is 0 Å². The van der Waals surface area contributed by atoms with E-state index in [1.165, 1.54) is 0 Å². The van der Waals surface area contributed by atoms with E-state index in [0.29, 0.717) is 11.4 Å². The summed E-state index contributed by atoms with van der Waals surface area (Å²) in [6.07, 6.45) is 0. The number of carboxylic acid groups (broad SMARTS) is 1. The number of nitrogens with two attached hydrogens (primary N) is 1. The highest BCUT2D eigenvalue weighted by Crippen LogP contribution is 2.28. The Balaban J connectivity index is 2.78. The number of nitrogens with zero attached hydrogens (tertiary/aromatic N) is 2. The Kier molecular flexibility index (Phi) is 3.46. The summed E-state index contributed by atoms with van der Waals surface area (Å²) in [5, 5.41) is 9.27. The van der Waals surface area contributed by atoms with Gasteiger partial charge in [0.05, 0.1) is 11.4 Å². The molecule has 5 nitrogen and oxygen atoms in total. The van der Waals surface area contributed by atoms with Crippen molar-refractivity contribution in [2.75, 3.05) is 5.73 Å². The van der Waals surface area contributed by atoms with Crippen LogP contribution in [0.1, 0.15) is 16.1 Å². The molecule has 2 rings (SSSR count). The molecule has 0 bridgehead atoms. The lowest BCUT2D eigenvalue weighted by atomic mass is 10.0. The highest BCUT2D eigenvalue weighted by atomic mass is 127. The molecule has 18 heavy (non-hydrogen) atoms. The van der Waals surface area contributed by atoms with Crippen molar-refractivity contribution in [1.29, 1.82) is 0 Å². The van der Waals surface area contributed by atoms with E-state index in [9.17, 15) is 9.90 Å². The minimum atomic E-state index is -1.05. The summed E-state index contributed by atoms with van der Waals surface area (Å²) in [4.78, 5) is 19.3. The number of halogens is 1. The summed E-state index contributed by atoms with van der Waals surface area (Å²) < 4.78 is 0.912. The van der Waals surface area contributed by atoms with E-state index >= 15 is 0 Å². The van der Waals surface area contributed by atoms with Gasteiger partial charge in [0.1, 0.15) is 5.56 Å². The molecular weight excluding hydrogens is 345 g/mol. The van der Waals surface area contributed by atoms with Gasteiger partial charge in [0, 0.05) is 9.13 Å². The number of aromatic nitrogens is 2. The van der Waals surface area contributed by atoms with Gasteiger partial charge < -0.3 is 10.8 Å². The molecule has 0 aliphatic rings. The predicted molar refractivity (Wildman–Crippen MR) is 76.3 cm³/mol. The van der Waals surface area contributed by atoms with Crippen LogP contribution in [-0.4, -0.2) is 21.0 Å². The fourth-order valence-corrected chi connectivity index (χ4v) is 2.34. The van der Waals surface area contributed by atoms with E-state index in [1.807, 2.05) is 24.3 Å². The zero-order valence-corrected chi connectivity index (χ0v) is 11.7. The molecule has 6 heteroatoms. The van der Waals surface area contributed by atoms with Gasteiger partial charge in [-0.25, -0.2) is 14.8 Å². The van der Waals surface area contributed by atoms with Crippen molar-refractivity contribution in [1.82, 2.24) is 9.97 Å². The molecule has 0 aliphatic carbocycles. The molecule has 0 atom stereocenters. The zero-order chi connectivity index (χ0) is 13.3. The van der Waals surface area contributed by atoms with Crippen molar-refractivity contribution in [2.45, 2.75) is 6.92 Å². The first-order valence-corrected chi connectivity index (χ1v) is 6.21. The first kappa shape index (κ1) is 12.7. The van der Waals surface area contributed by atoms with E-state index in [1.54, 1.807) is 6.92 Å². The molecule has 2 aromatic rings. The van der Waals surface area contributed by atoms with Crippen LogP contribution in [-0.2, 0) is 0 Å². The topological polar surface area (TPSA) is 89.1 Å². The van der Waals surface area contributed by atoms with Crippen LogP contribution in [0.4, 0.5) is 5.95 Å². The maximum Gasteiger partial charge on any atom is 0.339 e. The van der Waals surface area contributed by atoms with E-state index in [4.69, 9.17) is 5.73 Å². The highest BCUT2D eigenvalue weighted by molar-refractivity contribution is 14.1. The molecule has 0 amide bonds. The Morgan fingerprint density at radius 2 is 2.00 bits per heavy atom. The summed E-state index contributed by atoms with van der Waals surface area (Å²) in [7, 11) is 0. The molecule has 92 valence electrons. The summed E-state index contributed by atoms with van der Waals surface area (Å²) in [6.45, 7) is 1.61. The van der Waals surface area contributed by atoms with Crippen LogP contribution in [0.25, 0.3) is 11.3 Å². The molecule has 0 saturated heterocycles. The Bertz CT molecular complexity index is 629. The molecule has 0 fully saturated rings. The average Bonchev–Trinajstić information content (AvgIpc) is 2.27. The molecule has 3 N–H and O–H groups in total. The molecule has 1 aromatic carbocycles. The van der Waals surface area contributed by atoms with Gasteiger partial charge in [-0.2, -0.15) is 0 Å². The maximum atomic E-state index is 11.3. The quantitative estimate of drug-likeness (QED) is 0.808. The van der Waals surface area contributed by atoms with Gasteiger partial charge >= 0.3 is 5.97 Å². The van der Waals surface area contributed by atoms with Crippen LogP contribution in [0.5, 0.6) is 0 Å². The standard InChI is InChI=1S/C12H10IN3O2/c1-6-9(11(17)18)10(16-12(14)15-6)7-4-2-3-5-8(7)13/h2-5H,1H3,(H,17,18)(H2,14,15,16). The van der Waals surface area contributed by atoms with Crippen molar-refractivity contribution in [3.63, 3.8) is 0 Å². The van der Waals surface area contributed by atoms with Crippen molar-refractivity contribution >= 4 is 34.5 Å². The van der Waals surface area contributed by atoms with Crippen molar-refractivity contribution in [3.05, 3.63) is 39.1 Å². The van der Waals surface area contributed by atoms with Gasteiger partial charge in [-0.1, -0.05) is 18.2 Å². The minimum absolute atomic E-state index is 0.0761. The number of hydrogen-bond acceptors (Lipinski definition) is 4. The first-order valence-electron chi connectivity index (χ1n) is 5.13. The summed E-state index contributed by atoms with van der Waals surface area (Å²) in [6, 6.07) is 7.41. The first-order chi connectivity index (χ1) is 8.50. The third kappa shape index (κ3) is 2.28. The van der Waals surface area contributed by atoms with Crippen molar-refractivity contribution < 1.29 is 9.90 Å². The van der Waals surface area contributed by atoms with E-state index in [0.717, 1.165) is 9.13 Å². The van der Waals surface area contributed by atoms with Gasteiger partial charge in [0.25, 0.3) is 0 Å². The summed E-state index contributed by atoms with van der Waals surface area (Å²) in [5.74, 6) is -0.977. The zero-order valence-electron chi connectivity index (χ0n) is 9.51. The second kappa shape index (κ2) is 4.89. The Hall–Kier alpha value is -1.70. The summed E-state index contributed by atoms with van der Waals surface area (Å²) in [5.41, 5.74) is 7.16. The summed E-state index contributed by atoms with van der Waals surface area (Å²) >= 11 is 2.13. The number of carboxylic acids is 1. The van der Waals surface area contributed by atoms with Crippen LogP contribution in [0, 0.1) is 10.5 Å². The molecule has 0 saturated carbocycles. The lowest BCUT2D eigenvalue weighted by Crippen LogP contribution is -2.10. The molecule has 0 spiro atoms. The lowest BCUT2D eigenvalue weighted by molar-refractivity contribution is 0.0696. The Morgan fingerprint density at radius 1 is 1.33 bits per heavy atom. The number of nitrogen functional groups attached to an aromatic ring is 1. The van der Waals surface area contributed by atoms with Crippen LogP contribution in [0.3, 0.4) is 0 Å². The third-order valence-electron chi connectivity index (χ3n) is 2.45. The smallest absolute Gasteiger partial charge is 0.339 e. The number of aromatic carboxylic acids is 1. The van der Waals surface area contributed by atoms with E-state index in [-0.39, 0.29) is 11.5 Å². The number of anilines is 1. The van der Waals surface area contributed by atoms with Crippen molar-refractivity contribution in [3.8, 4) is 11.3 Å². The Labute approximate surface area is 117 Å². The van der Waals surface area contributed by atoms with Gasteiger partial charge in [-0.15, -0.1) is 0 Å². The van der Waals surface area contributed by atoms with E-state index in [2.05, 4.69) is 32.6 Å². The number of benzene rings is 1. The predicted octanol–water partition coefficient (Wildman–Crippen LogP) is 2.34. The monoisotopic (exact) mass is 355 g/mol. The number of carbonyl (C=O) groups is 1. The molecule has 0 radical (unpaired) electrons. The van der Waals surface area contributed by atoms with Gasteiger partial charge in [0.2, 0.25) is 5.95 Å². The van der Waals surface area contributed by atoms with Crippen LogP contribution < -0.4 is 5.73 Å². The average molecular weight is 355 g/mol. The normalized spacial score (nSPS) is 10.3. The Morgan fingerprint density at radius 3 is 2.61 bits per heavy atom. The van der Waals surface area contributed by atoms with Gasteiger partial charge in [-0.3, -0.25) is 0 Å². The minimum Gasteiger partial charge on any atom is -0.478 e. The highest BCUT2D eigenvalue weighted by Gasteiger charge is 2.19.